The number of carbonyl (C=O) groups excluding carboxylic acids is 1. The molecule has 0 unspecified atom stereocenters. The summed E-state index contributed by atoms with van der Waals surface area (Å²) in [5.74, 6) is 0.572. The van der Waals surface area contributed by atoms with Crippen LogP contribution in [0.4, 0.5) is 0 Å². The molecule has 3 aromatic heterocycles. The summed E-state index contributed by atoms with van der Waals surface area (Å²) in [6.07, 6.45) is 1.32. The largest absolute Gasteiger partial charge is 0.361 e. The molecule has 0 saturated carbocycles. The van der Waals surface area contributed by atoms with Gasteiger partial charge in [-0.05, 0) is 25.4 Å². The van der Waals surface area contributed by atoms with E-state index in [1.807, 2.05) is 0 Å². The van der Waals surface area contributed by atoms with Crippen molar-refractivity contribution in [2.24, 2.45) is 7.05 Å². The number of aromatic nitrogens is 5. The third kappa shape index (κ3) is 2.46. The molecule has 0 amide bonds. The van der Waals surface area contributed by atoms with Crippen LogP contribution < -0.4 is 11.2 Å². The van der Waals surface area contributed by atoms with Gasteiger partial charge in [0.05, 0.1) is 12.9 Å². The van der Waals surface area contributed by atoms with Crippen LogP contribution in [-0.4, -0.2) is 29.1 Å². The Kier molecular flexibility index (Phi) is 3.88. The minimum absolute atomic E-state index is 0.0484. The number of nitrogens with zero attached hydrogens (tertiary/aromatic N) is 5. The Hall–Kier alpha value is -2.68. The molecule has 0 aliphatic heterocycles. The van der Waals surface area contributed by atoms with Crippen LogP contribution in [0.1, 0.15) is 24.4 Å². The second-order valence-electron chi connectivity index (χ2n) is 5.47. The molecule has 10 heteroatoms. The first-order chi connectivity index (χ1) is 11.3. The average Bonchev–Trinajstić information content (AvgIpc) is 3.15. The molecule has 126 valence electrons. The normalized spacial score (nSPS) is 12.7. The van der Waals surface area contributed by atoms with Gasteiger partial charge in [0.15, 0.2) is 11.2 Å². The first kappa shape index (κ1) is 16.2. The Bertz CT molecular complexity index is 1060. The monoisotopic (exact) mass is 351 g/mol. The quantitative estimate of drug-likeness (QED) is 0.636. The van der Waals surface area contributed by atoms with Crippen molar-refractivity contribution in [3.05, 3.63) is 44.7 Å². The lowest BCUT2D eigenvalue weighted by atomic mass is 10.3. The minimum atomic E-state index is -0.787. The van der Waals surface area contributed by atoms with E-state index in [4.69, 9.17) is 16.1 Å². The van der Waals surface area contributed by atoms with Gasteiger partial charge in [-0.3, -0.25) is 18.7 Å². The number of rotatable bonds is 4. The lowest BCUT2D eigenvalue weighted by Gasteiger charge is -2.11. The highest BCUT2D eigenvalue weighted by molar-refractivity contribution is 6.64. The van der Waals surface area contributed by atoms with Crippen molar-refractivity contribution < 1.29 is 9.32 Å². The van der Waals surface area contributed by atoms with E-state index < -0.39 is 22.5 Å². The van der Waals surface area contributed by atoms with E-state index in [1.54, 1.807) is 19.9 Å². The summed E-state index contributed by atoms with van der Waals surface area (Å²) >= 11 is 5.53. The van der Waals surface area contributed by atoms with Gasteiger partial charge in [-0.2, -0.15) is 0 Å². The summed E-state index contributed by atoms with van der Waals surface area (Å²) in [7, 11) is 1.50. The van der Waals surface area contributed by atoms with Crippen LogP contribution >= 0.6 is 11.6 Å². The van der Waals surface area contributed by atoms with Gasteiger partial charge in [0.2, 0.25) is 5.24 Å². The molecule has 0 radical (unpaired) electrons. The second-order valence-corrected chi connectivity index (χ2v) is 5.84. The Morgan fingerprint density at radius 3 is 2.71 bits per heavy atom. The SMILES string of the molecule is Cc1cc(Cn2c(=O)c3c(ncn3[C@@H](C)C(=O)Cl)n(C)c2=O)no1. The molecule has 0 spiro atoms. The number of fused-ring (bicyclic) bond motifs is 1. The summed E-state index contributed by atoms with van der Waals surface area (Å²) in [6, 6.07) is 0.850. The second kappa shape index (κ2) is 5.75. The standard InChI is InChI=1S/C14H14ClN5O4/c1-7-4-9(17-24-7)5-19-13(22)10-12(18(3)14(19)23)16-6-20(10)8(2)11(15)21/h4,6,8H,5H2,1-3H3/t8-/m0/s1. The molecule has 0 N–H and O–H groups in total. The number of carbonyl (C=O) groups is 1. The highest BCUT2D eigenvalue weighted by atomic mass is 35.5. The first-order valence-electron chi connectivity index (χ1n) is 7.09. The van der Waals surface area contributed by atoms with E-state index in [9.17, 15) is 14.4 Å². The van der Waals surface area contributed by atoms with Gasteiger partial charge in [-0.15, -0.1) is 0 Å². The number of hydrogen-bond donors (Lipinski definition) is 0. The van der Waals surface area contributed by atoms with Crippen molar-refractivity contribution in [3.8, 4) is 0 Å². The topological polar surface area (TPSA) is 105 Å². The van der Waals surface area contributed by atoms with Crippen molar-refractivity contribution in [2.45, 2.75) is 26.4 Å². The zero-order valence-corrected chi connectivity index (χ0v) is 13.9. The van der Waals surface area contributed by atoms with Crippen LogP contribution in [0.25, 0.3) is 11.2 Å². The summed E-state index contributed by atoms with van der Waals surface area (Å²) in [5.41, 5.74) is -0.362. The fourth-order valence-corrected chi connectivity index (χ4v) is 2.59. The molecule has 0 aliphatic carbocycles. The average molecular weight is 352 g/mol. The third-order valence-corrected chi connectivity index (χ3v) is 4.12. The lowest BCUT2D eigenvalue weighted by molar-refractivity contribution is -0.114. The molecule has 0 saturated heterocycles. The lowest BCUT2D eigenvalue weighted by Crippen LogP contribution is -2.40. The molecule has 9 nitrogen and oxygen atoms in total. The Balaban J connectivity index is 2.27. The predicted octanol–water partition coefficient (Wildman–Crippen LogP) is 0.568. The highest BCUT2D eigenvalue weighted by Crippen LogP contribution is 2.15. The van der Waals surface area contributed by atoms with Crippen LogP contribution in [-0.2, 0) is 18.4 Å². The highest BCUT2D eigenvalue weighted by Gasteiger charge is 2.22. The van der Waals surface area contributed by atoms with E-state index in [0.717, 1.165) is 4.57 Å². The van der Waals surface area contributed by atoms with E-state index in [2.05, 4.69) is 10.1 Å². The van der Waals surface area contributed by atoms with Crippen molar-refractivity contribution in [1.82, 2.24) is 23.8 Å². The number of halogens is 1. The van der Waals surface area contributed by atoms with Gasteiger partial charge < -0.3 is 9.09 Å². The number of hydrogen-bond acceptors (Lipinski definition) is 6. The molecule has 0 aromatic carbocycles. The smallest absolute Gasteiger partial charge is 0.332 e. The maximum absolute atomic E-state index is 12.8. The molecular weight excluding hydrogens is 338 g/mol. The van der Waals surface area contributed by atoms with Crippen molar-refractivity contribution in [1.29, 1.82) is 0 Å². The van der Waals surface area contributed by atoms with Crippen LogP contribution in [0.5, 0.6) is 0 Å². The van der Waals surface area contributed by atoms with Gasteiger partial charge >= 0.3 is 5.69 Å². The van der Waals surface area contributed by atoms with Crippen LogP contribution in [0.2, 0.25) is 0 Å². The number of aryl methyl sites for hydroxylation is 2. The molecule has 0 fully saturated rings. The molecular formula is C14H14ClN5O4. The molecule has 0 aliphatic rings. The van der Waals surface area contributed by atoms with E-state index >= 15 is 0 Å². The van der Waals surface area contributed by atoms with Crippen LogP contribution in [0.15, 0.2) is 26.5 Å². The van der Waals surface area contributed by atoms with E-state index in [-0.39, 0.29) is 17.7 Å². The van der Waals surface area contributed by atoms with Crippen LogP contribution in [0, 0.1) is 6.92 Å². The fraction of sp³-hybridized carbons (Fsp3) is 0.357. The minimum Gasteiger partial charge on any atom is -0.361 e. The third-order valence-electron chi connectivity index (χ3n) is 3.80. The van der Waals surface area contributed by atoms with E-state index in [1.165, 1.54) is 22.5 Å². The molecule has 24 heavy (non-hydrogen) atoms. The molecule has 3 heterocycles. The zero-order chi connectivity index (χ0) is 17.6. The maximum atomic E-state index is 12.8. The summed E-state index contributed by atoms with van der Waals surface area (Å²) < 4.78 is 8.58. The van der Waals surface area contributed by atoms with Gasteiger partial charge in [0.1, 0.15) is 17.5 Å². The van der Waals surface area contributed by atoms with Gasteiger partial charge in [0, 0.05) is 13.1 Å². The summed E-state index contributed by atoms with van der Waals surface area (Å²) in [6.45, 7) is 3.21. The Morgan fingerprint density at radius 2 is 2.12 bits per heavy atom. The summed E-state index contributed by atoms with van der Waals surface area (Å²) in [5, 5.41) is 3.16. The predicted molar refractivity (Wildman–Crippen MR) is 85.1 cm³/mol. The van der Waals surface area contributed by atoms with Gasteiger partial charge in [-0.25, -0.2) is 9.78 Å². The Morgan fingerprint density at radius 1 is 1.42 bits per heavy atom. The van der Waals surface area contributed by atoms with Crippen molar-refractivity contribution in [3.63, 3.8) is 0 Å². The molecule has 1 atom stereocenters. The summed E-state index contributed by atoms with van der Waals surface area (Å²) in [4.78, 5) is 40.8. The van der Waals surface area contributed by atoms with Crippen molar-refractivity contribution >= 4 is 28.0 Å². The molecule has 3 rings (SSSR count). The van der Waals surface area contributed by atoms with E-state index in [0.29, 0.717) is 11.5 Å². The van der Waals surface area contributed by atoms with Gasteiger partial charge in [0.25, 0.3) is 5.56 Å². The Labute approximate surface area is 140 Å². The first-order valence-corrected chi connectivity index (χ1v) is 7.47. The maximum Gasteiger partial charge on any atom is 0.332 e. The number of imidazole rings is 1. The zero-order valence-electron chi connectivity index (χ0n) is 13.2. The fourth-order valence-electron chi connectivity index (χ4n) is 2.49. The van der Waals surface area contributed by atoms with Crippen LogP contribution in [0.3, 0.4) is 0 Å². The molecule has 0 bridgehead atoms. The van der Waals surface area contributed by atoms with Crippen molar-refractivity contribution in [2.75, 3.05) is 0 Å². The molecule has 3 aromatic rings. The van der Waals surface area contributed by atoms with Gasteiger partial charge in [-0.1, -0.05) is 5.16 Å².